The van der Waals surface area contributed by atoms with Gasteiger partial charge in [0.05, 0.1) is 22.7 Å². The third kappa shape index (κ3) is 6.05. The van der Waals surface area contributed by atoms with E-state index in [1.165, 1.54) is 11.1 Å². The molecule has 0 saturated carbocycles. The quantitative estimate of drug-likeness (QED) is 0.164. The van der Waals surface area contributed by atoms with E-state index in [0.717, 1.165) is 140 Å². The van der Waals surface area contributed by atoms with Crippen LogP contribution in [0.25, 0.3) is 66.5 Å². The van der Waals surface area contributed by atoms with Gasteiger partial charge in [-0.05, 0) is 138 Å². The maximum absolute atomic E-state index is 7.37. The summed E-state index contributed by atoms with van der Waals surface area (Å²) in [5, 5.41) is 4.30. The van der Waals surface area contributed by atoms with Crippen molar-refractivity contribution in [3.05, 3.63) is 173 Å². The lowest BCUT2D eigenvalue weighted by Gasteiger charge is -2.42. The Kier molecular flexibility index (Phi) is 8.70. The Morgan fingerprint density at radius 2 is 0.841 bits per heavy atom. The normalized spacial score (nSPS) is 13.6. The van der Waals surface area contributed by atoms with Crippen molar-refractivity contribution in [2.45, 2.75) is 80.1 Å². The van der Waals surface area contributed by atoms with Crippen LogP contribution in [0.2, 0.25) is 0 Å². The van der Waals surface area contributed by atoms with Crippen LogP contribution < -0.4 is 26.6 Å². The Labute approximate surface area is 402 Å². The summed E-state index contributed by atoms with van der Waals surface area (Å²) in [6.45, 7) is 22.2. The van der Waals surface area contributed by atoms with Gasteiger partial charge in [-0.2, -0.15) is 0 Å². The Morgan fingerprint density at radius 3 is 1.26 bits per heavy atom. The first-order valence-corrected chi connectivity index (χ1v) is 24.2. The van der Waals surface area contributed by atoms with Crippen LogP contribution in [0.3, 0.4) is 0 Å². The van der Waals surface area contributed by atoms with E-state index >= 15 is 0 Å². The largest absolute Gasteiger partial charge is 0.468 e. The molecule has 0 fully saturated rings. The zero-order valence-electron chi connectivity index (χ0n) is 40.9. The monoisotopic (exact) mass is 900 g/mol. The van der Waals surface area contributed by atoms with E-state index in [1.807, 2.05) is 24.3 Å². The van der Waals surface area contributed by atoms with E-state index in [4.69, 9.17) is 17.7 Å². The first-order valence-electron chi connectivity index (χ1n) is 24.2. The Balaban J connectivity index is 1.14. The first kappa shape index (κ1) is 41.5. The number of hydrogen-bond acceptors (Lipinski definition) is 6. The molecule has 0 atom stereocenters. The van der Waals surface area contributed by atoms with E-state index in [-0.39, 0.29) is 17.5 Å². The predicted octanol–water partition coefficient (Wildman–Crippen LogP) is 15.9. The molecule has 0 saturated heterocycles. The fourth-order valence-electron chi connectivity index (χ4n) is 11.4. The van der Waals surface area contributed by atoms with E-state index in [9.17, 15) is 0 Å². The Bertz CT molecular complexity index is 3640. The van der Waals surface area contributed by atoms with Gasteiger partial charge in [0.15, 0.2) is 0 Å². The lowest BCUT2D eigenvalue weighted by molar-refractivity contribution is 0.590. The van der Waals surface area contributed by atoms with Crippen LogP contribution in [0.15, 0.2) is 157 Å². The second-order valence-corrected chi connectivity index (χ2v) is 21.5. The summed E-state index contributed by atoms with van der Waals surface area (Å²) >= 11 is 0. The molecule has 338 valence electrons. The lowest BCUT2D eigenvalue weighted by Crippen LogP contribution is -2.60. The van der Waals surface area contributed by atoms with Crippen molar-refractivity contribution in [1.82, 2.24) is 0 Å². The van der Waals surface area contributed by atoms with Gasteiger partial charge < -0.3 is 27.5 Å². The van der Waals surface area contributed by atoms with Crippen LogP contribution in [-0.4, -0.2) is 6.71 Å². The number of rotatable bonds is 4. The molecule has 0 unspecified atom stereocenters. The maximum Gasteiger partial charge on any atom is 0.342 e. The number of benzene rings is 7. The summed E-state index contributed by atoms with van der Waals surface area (Å²) in [5.41, 5.74) is 21.6. The zero-order chi connectivity index (χ0) is 47.4. The minimum absolute atomic E-state index is 0.0927. The number of hydrogen-bond donors (Lipinski definition) is 0. The van der Waals surface area contributed by atoms with E-state index in [1.54, 1.807) is 0 Å². The molecule has 2 aliphatic heterocycles. The van der Waals surface area contributed by atoms with Gasteiger partial charge in [-0.25, -0.2) is 0 Å². The molecular formula is C62H53BN2O4. The van der Waals surface area contributed by atoms with Gasteiger partial charge in [0, 0.05) is 44.0 Å². The summed E-state index contributed by atoms with van der Waals surface area (Å²) in [6.07, 6.45) is 0. The molecule has 0 amide bonds. The van der Waals surface area contributed by atoms with Gasteiger partial charge in [0.25, 0.3) is 0 Å². The van der Waals surface area contributed by atoms with Crippen molar-refractivity contribution in [2.24, 2.45) is 0 Å². The average molecular weight is 901 g/mol. The molecule has 11 aromatic rings. The first-order chi connectivity index (χ1) is 33.1. The van der Waals surface area contributed by atoms with Gasteiger partial charge in [-0.15, -0.1) is 0 Å². The zero-order valence-corrected chi connectivity index (χ0v) is 40.9. The second kappa shape index (κ2) is 14.4. The molecule has 7 heteroatoms. The van der Waals surface area contributed by atoms with Crippen LogP contribution >= 0.6 is 0 Å². The summed E-state index contributed by atoms with van der Waals surface area (Å²) in [4.78, 5) is 4.99. The molecule has 13 rings (SSSR count). The third-order valence-corrected chi connectivity index (χ3v) is 15.0. The number of furan rings is 4. The number of nitrogens with zero attached hydrogens (tertiary/aromatic N) is 2. The highest BCUT2D eigenvalue weighted by Gasteiger charge is 2.50. The molecule has 0 spiro atoms. The molecular weight excluding hydrogens is 848 g/mol. The van der Waals surface area contributed by atoms with Crippen LogP contribution in [0.1, 0.15) is 74.9 Å². The minimum Gasteiger partial charge on any atom is -0.468 e. The summed E-state index contributed by atoms with van der Waals surface area (Å²) in [6, 6.07) is 50.0. The SMILES string of the molecule is Cc1ccc(-c2cc3ccccc3o2)c(C)c1N1c2cccc3c2B(c2oc4ccc(C(C)(C)C)cc4c21)c1oc2ccc(C(C)(C)C)cc2c1N3c1c(C)ccc(-c2cc3ccccc3o2)c1C. The Morgan fingerprint density at radius 1 is 0.406 bits per heavy atom. The minimum atomic E-state index is -0.358. The molecule has 6 nitrogen and oxygen atoms in total. The van der Waals surface area contributed by atoms with Gasteiger partial charge >= 0.3 is 6.71 Å². The molecule has 69 heavy (non-hydrogen) atoms. The third-order valence-electron chi connectivity index (χ3n) is 15.0. The molecule has 0 aliphatic carbocycles. The standard InChI is InChI=1S/C62H53BN2O4/c1-34-22-26-42(52-30-38-16-11-13-20-48(38)66-52)36(3)55(34)64-46-18-15-19-47-54(46)63(59-57(64)44-32-40(61(5,6)7)24-28-50(44)68-59)60-58(45-33-41(62(8,9)10)25-29-51(45)69-60)65(47)56-35(2)23-27-43(37(56)4)53-31-39-17-12-14-21-49(39)67-53/h11-33H,1-10H3. The Hall–Kier alpha value is -7.64. The second-order valence-electron chi connectivity index (χ2n) is 21.5. The molecule has 7 aromatic carbocycles. The smallest absolute Gasteiger partial charge is 0.342 e. The molecule has 0 bridgehead atoms. The number of anilines is 6. The van der Waals surface area contributed by atoms with E-state index in [2.05, 4.69) is 194 Å². The average Bonchev–Trinajstić information content (AvgIpc) is 4.12. The topological polar surface area (TPSA) is 59.0 Å². The summed E-state index contributed by atoms with van der Waals surface area (Å²) < 4.78 is 27.9. The highest BCUT2D eigenvalue weighted by Crippen LogP contribution is 2.53. The molecule has 0 radical (unpaired) electrons. The van der Waals surface area contributed by atoms with Crippen LogP contribution in [0.4, 0.5) is 34.1 Å². The highest BCUT2D eigenvalue weighted by atomic mass is 16.4. The van der Waals surface area contributed by atoms with Crippen molar-refractivity contribution in [1.29, 1.82) is 0 Å². The molecule has 2 aliphatic rings. The van der Waals surface area contributed by atoms with Crippen molar-refractivity contribution in [3.63, 3.8) is 0 Å². The number of para-hydroxylation sites is 2. The molecule has 4 aromatic heterocycles. The van der Waals surface area contributed by atoms with Gasteiger partial charge in [-0.1, -0.05) is 120 Å². The predicted molar refractivity (Wildman–Crippen MR) is 287 cm³/mol. The highest BCUT2D eigenvalue weighted by molar-refractivity contribution is 6.99. The number of fused-ring (bicyclic) bond motifs is 10. The molecule has 6 heterocycles. The number of aryl methyl sites for hydroxylation is 2. The van der Waals surface area contributed by atoms with Gasteiger partial charge in [0.1, 0.15) is 45.2 Å². The van der Waals surface area contributed by atoms with Crippen LogP contribution in [0.5, 0.6) is 0 Å². The van der Waals surface area contributed by atoms with E-state index < -0.39 is 0 Å². The summed E-state index contributed by atoms with van der Waals surface area (Å²) in [5.74, 6) is 1.69. The lowest BCUT2D eigenvalue weighted by atomic mass is 9.37. The molecule has 0 N–H and O–H groups in total. The van der Waals surface area contributed by atoms with Gasteiger partial charge in [-0.3, -0.25) is 0 Å². The van der Waals surface area contributed by atoms with Crippen molar-refractivity contribution in [3.8, 4) is 22.6 Å². The van der Waals surface area contributed by atoms with Crippen LogP contribution in [-0.2, 0) is 10.8 Å². The van der Waals surface area contributed by atoms with Crippen molar-refractivity contribution >= 4 is 101 Å². The fourth-order valence-corrected chi connectivity index (χ4v) is 11.4. The van der Waals surface area contributed by atoms with Crippen molar-refractivity contribution in [2.75, 3.05) is 9.80 Å². The van der Waals surface area contributed by atoms with Crippen molar-refractivity contribution < 1.29 is 17.7 Å². The summed E-state index contributed by atoms with van der Waals surface area (Å²) in [7, 11) is 0. The van der Waals surface area contributed by atoms with Crippen LogP contribution in [0, 0.1) is 27.7 Å². The maximum atomic E-state index is 7.37. The fraction of sp³-hybridized carbons (Fsp3) is 0.194. The van der Waals surface area contributed by atoms with Gasteiger partial charge in [0.2, 0.25) is 0 Å². The van der Waals surface area contributed by atoms with E-state index in [0.29, 0.717) is 0 Å².